The average Bonchev–Trinajstić information content (AvgIpc) is 3.33. The number of aromatic nitrogens is 3. The van der Waals surface area contributed by atoms with E-state index in [4.69, 9.17) is 4.74 Å². The number of nitrogens with one attached hydrogen (secondary N) is 1. The summed E-state index contributed by atoms with van der Waals surface area (Å²) in [6.45, 7) is 0.309. The third-order valence-corrected chi connectivity index (χ3v) is 5.12. The Morgan fingerprint density at radius 3 is 2.57 bits per heavy atom. The molecular weight excluding hydrogens is 354 g/mol. The van der Waals surface area contributed by atoms with Crippen LogP contribution in [0.5, 0.6) is 5.75 Å². The Morgan fingerprint density at radius 1 is 1.11 bits per heavy atom. The molecule has 2 heterocycles. The predicted molar refractivity (Wildman–Crippen MR) is 107 cm³/mol. The SMILES string of the molecule is O=c1[nH]cnc2c1c(-c1ccc(OCC3(O)CC3)cc1)cn2-c1ccccc1. The molecule has 0 spiro atoms. The fourth-order valence-corrected chi connectivity index (χ4v) is 3.31. The lowest BCUT2D eigenvalue weighted by molar-refractivity contribution is 0.0856. The second-order valence-corrected chi connectivity index (χ2v) is 7.22. The van der Waals surface area contributed by atoms with E-state index in [1.54, 1.807) is 0 Å². The van der Waals surface area contributed by atoms with Crippen molar-refractivity contribution in [3.05, 3.63) is 77.5 Å². The van der Waals surface area contributed by atoms with E-state index in [-0.39, 0.29) is 5.56 Å². The molecule has 0 bridgehead atoms. The van der Waals surface area contributed by atoms with Gasteiger partial charge in [-0.05, 0) is 42.7 Å². The molecule has 2 N–H and O–H groups in total. The summed E-state index contributed by atoms with van der Waals surface area (Å²) in [6.07, 6.45) is 4.94. The van der Waals surface area contributed by atoms with Crippen LogP contribution in [0.1, 0.15) is 12.8 Å². The zero-order valence-electron chi connectivity index (χ0n) is 15.1. The van der Waals surface area contributed by atoms with Gasteiger partial charge in [0, 0.05) is 17.4 Å². The first kappa shape index (κ1) is 16.8. The maximum Gasteiger partial charge on any atom is 0.260 e. The molecule has 0 radical (unpaired) electrons. The van der Waals surface area contributed by atoms with E-state index < -0.39 is 5.60 Å². The van der Waals surface area contributed by atoms with E-state index in [2.05, 4.69) is 9.97 Å². The van der Waals surface area contributed by atoms with E-state index in [1.165, 1.54) is 6.33 Å². The standard InChI is InChI=1S/C22H19N3O3/c26-21-19-18(15-6-8-17(9-7-15)28-13-22(27)10-11-22)12-25(20(19)23-14-24-21)16-4-2-1-3-5-16/h1-9,12,14,27H,10-11,13H2,(H,23,24,26). The third kappa shape index (κ3) is 2.97. The third-order valence-electron chi connectivity index (χ3n) is 5.12. The normalized spacial score (nSPS) is 14.9. The summed E-state index contributed by atoms with van der Waals surface area (Å²) >= 11 is 0. The Morgan fingerprint density at radius 2 is 1.86 bits per heavy atom. The molecule has 1 aliphatic carbocycles. The Hall–Kier alpha value is -3.38. The van der Waals surface area contributed by atoms with Gasteiger partial charge in [0.05, 0.1) is 17.3 Å². The van der Waals surface area contributed by atoms with Crippen LogP contribution in [0.15, 0.2) is 71.9 Å². The average molecular weight is 373 g/mol. The molecule has 1 saturated carbocycles. The summed E-state index contributed by atoms with van der Waals surface area (Å²) < 4.78 is 7.60. The minimum absolute atomic E-state index is 0.175. The Bertz CT molecular complexity index is 1190. The summed E-state index contributed by atoms with van der Waals surface area (Å²) in [6, 6.07) is 17.4. The van der Waals surface area contributed by atoms with Gasteiger partial charge in [0.25, 0.3) is 5.56 Å². The van der Waals surface area contributed by atoms with Gasteiger partial charge in [-0.3, -0.25) is 4.79 Å². The fourth-order valence-electron chi connectivity index (χ4n) is 3.31. The molecule has 2 aromatic carbocycles. The quantitative estimate of drug-likeness (QED) is 0.563. The van der Waals surface area contributed by atoms with Crippen LogP contribution in [-0.2, 0) is 0 Å². The highest BCUT2D eigenvalue weighted by Gasteiger charge is 2.41. The second kappa shape index (κ2) is 6.35. The van der Waals surface area contributed by atoms with Crippen LogP contribution >= 0.6 is 0 Å². The molecule has 0 saturated heterocycles. The number of aliphatic hydroxyl groups is 1. The van der Waals surface area contributed by atoms with Crippen molar-refractivity contribution in [2.75, 3.05) is 6.61 Å². The van der Waals surface area contributed by atoms with Gasteiger partial charge in [-0.2, -0.15) is 0 Å². The maximum atomic E-state index is 12.5. The van der Waals surface area contributed by atoms with Gasteiger partial charge >= 0.3 is 0 Å². The lowest BCUT2D eigenvalue weighted by Gasteiger charge is -2.10. The lowest BCUT2D eigenvalue weighted by Crippen LogP contribution is -2.18. The fraction of sp³-hybridized carbons (Fsp3) is 0.182. The van der Waals surface area contributed by atoms with Gasteiger partial charge in [-0.15, -0.1) is 0 Å². The number of hydrogen-bond acceptors (Lipinski definition) is 4. The minimum Gasteiger partial charge on any atom is -0.491 e. The number of fused-ring (bicyclic) bond motifs is 1. The Kier molecular flexibility index (Phi) is 3.80. The largest absolute Gasteiger partial charge is 0.491 e. The maximum absolute atomic E-state index is 12.5. The van der Waals surface area contributed by atoms with Crippen LogP contribution in [0, 0.1) is 0 Å². The van der Waals surface area contributed by atoms with E-state index in [0.29, 0.717) is 23.4 Å². The number of rotatable bonds is 5. The highest BCUT2D eigenvalue weighted by molar-refractivity contribution is 5.94. The Labute approximate surface area is 161 Å². The smallest absolute Gasteiger partial charge is 0.260 e. The molecule has 5 rings (SSSR count). The molecule has 0 unspecified atom stereocenters. The molecule has 4 aromatic rings. The van der Waals surface area contributed by atoms with Crippen molar-refractivity contribution < 1.29 is 9.84 Å². The van der Waals surface area contributed by atoms with Crippen LogP contribution in [0.25, 0.3) is 27.8 Å². The van der Waals surface area contributed by atoms with Gasteiger partial charge in [0.15, 0.2) is 5.65 Å². The number of aromatic amines is 1. The molecule has 0 aliphatic heterocycles. The second-order valence-electron chi connectivity index (χ2n) is 7.22. The topological polar surface area (TPSA) is 80.1 Å². The molecule has 2 aromatic heterocycles. The van der Waals surface area contributed by atoms with Crippen molar-refractivity contribution in [2.45, 2.75) is 18.4 Å². The van der Waals surface area contributed by atoms with Crippen LogP contribution in [0.4, 0.5) is 0 Å². The molecule has 140 valence electrons. The molecule has 28 heavy (non-hydrogen) atoms. The molecule has 6 nitrogen and oxygen atoms in total. The van der Waals surface area contributed by atoms with Gasteiger partial charge in [-0.1, -0.05) is 30.3 Å². The van der Waals surface area contributed by atoms with E-state index in [1.807, 2.05) is 65.4 Å². The van der Waals surface area contributed by atoms with Crippen LogP contribution < -0.4 is 10.3 Å². The van der Waals surface area contributed by atoms with Gasteiger partial charge in [0.1, 0.15) is 12.4 Å². The van der Waals surface area contributed by atoms with Crippen molar-refractivity contribution >= 4 is 11.0 Å². The molecular formula is C22H19N3O3. The molecule has 0 atom stereocenters. The summed E-state index contributed by atoms with van der Waals surface area (Å²) in [4.78, 5) is 19.6. The number of nitrogens with zero attached hydrogens (tertiary/aromatic N) is 2. The summed E-state index contributed by atoms with van der Waals surface area (Å²) in [5.41, 5.74) is 2.43. The number of H-pyrrole nitrogens is 1. The highest BCUT2D eigenvalue weighted by atomic mass is 16.5. The highest BCUT2D eigenvalue weighted by Crippen LogP contribution is 2.36. The molecule has 1 fully saturated rings. The van der Waals surface area contributed by atoms with E-state index in [0.717, 1.165) is 29.7 Å². The summed E-state index contributed by atoms with van der Waals surface area (Å²) in [7, 11) is 0. The van der Waals surface area contributed by atoms with Crippen molar-refractivity contribution in [2.24, 2.45) is 0 Å². The first-order valence-corrected chi connectivity index (χ1v) is 9.23. The zero-order chi connectivity index (χ0) is 19.1. The van der Waals surface area contributed by atoms with Crippen molar-refractivity contribution in [3.8, 4) is 22.6 Å². The summed E-state index contributed by atoms with van der Waals surface area (Å²) in [5, 5.41) is 10.5. The van der Waals surface area contributed by atoms with Crippen LogP contribution in [-0.4, -0.2) is 31.8 Å². The van der Waals surface area contributed by atoms with Crippen LogP contribution in [0.2, 0.25) is 0 Å². The van der Waals surface area contributed by atoms with Gasteiger partial charge in [0.2, 0.25) is 0 Å². The lowest BCUT2D eigenvalue weighted by atomic mass is 10.1. The predicted octanol–water partition coefficient (Wildman–Crippen LogP) is 3.28. The summed E-state index contributed by atoms with van der Waals surface area (Å²) in [5.74, 6) is 0.697. The zero-order valence-corrected chi connectivity index (χ0v) is 15.1. The van der Waals surface area contributed by atoms with Crippen molar-refractivity contribution in [3.63, 3.8) is 0 Å². The van der Waals surface area contributed by atoms with E-state index in [9.17, 15) is 9.90 Å². The van der Waals surface area contributed by atoms with E-state index >= 15 is 0 Å². The minimum atomic E-state index is -0.652. The first-order chi connectivity index (χ1) is 13.6. The molecule has 6 heteroatoms. The molecule has 1 aliphatic rings. The van der Waals surface area contributed by atoms with Gasteiger partial charge in [-0.25, -0.2) is 4.98 Å². The first-order valence-electron chi connectivity index (χ1n) is 9.23. The number of ether oxygens (including phenoxy) is 1. The molecule has 0 amide bonds. The monoisotopic (exact) mass is 373 g/mol. The number of hydrogen-bond donors (Lipinski definition) is 2. The van der Waals surface area contributed by atoms with Crippen LogP contribution in [0.3, 0.4) is 0 Å². The Balaban J connectivity index is 1.56. The number of benzene rings is 2. The number of para-hydroxylation sites is 1. The van der Waals surface area contributed by atoms with Crippen molar-refractivity contribution in [1.29, 1.82) is 0 Å². The van der Waals surface area contributed by atoms with Crippen molar-refractivity contribution in [1.82, 2.24) is 14.5 Å². The van der Waals surface area contributed by atoms with Gasteiger partial charge < -0.3 is 19.4 Å².